The minimum atomic E-state index is 0.239. The highest BCUT2D eigenvalue weighted by Crippen LogP contribution is 2.43. The SMILES string of the molecule is CCOC1CC(NC2Cc3ccc(Cl)cc3C2)C1(C)C. The summed E-state index contributed by atoms with van der Waals surface area (Å²) in [4.78, 5) is 0. The van der Waals surface area contributed by atoms with E-state index in [0.717, 1.165) is 30.9 Å². The largest absolute Gasteiger partial charge is 0.378 e. The number of hydrogen-bond acceptors (Lipinski definition) is 2. The Balaban J connectivity index is 1.59. The third-order valence-electron chi connectivity index (χ3n) is 5.08. The molecule has 0 amide bonds. The van der Waals surface area contributed by atoms with Crippen LogP contribution in [0.5, 0.6) is 0 Å². The number of rotatable bonds is 4. The van der Waals surface area contributed by atoms with Crippen LogP contribution in [0.1, 0.15) is 38.3 Å². The molecule has 0 spiro atoms. The van der Waals surface area contributed by atoms with Gasteiger partial charge in [0.05, 0.1) is 6.10 Å². The summed E-state index contributed by atoms with van der Waals surface area (Å²) < 4.78 is 5.81. The summed E-state index contributed by atoms with van der Waals surface area (Å²) in [6.45, 7) is 7.52. The van der Waals surface area contributed by atoms with Gasteiger partial charge < -0.3 is 10.1 Å². The van der Waals surface area contributed by atoms with Crippen LogP contribution in [-0.4, -0.2) is 24.8 Å². The summed E-state index contributed by atoms with van der Waals surface area (Å²) in [5.74, 6) is 0. The first kappa shape index (κ1) is 14.4. The van der Waals surface area contributed by atoms with E-state index < -0.39 is 0 Å². The van der Waals surface area contributed by atoms with E-state index in [1.165, 1.54) is 11.1 Å². The van der Waals surface area contributed by atoms with Gasteiger partial charge in [0.15, 0.2) is 0 Å². The monoisotopic (exact) mass is 293 g/mol. The lowest BCUT2D eigenvalue weighted by Gasteiger charge is -2.52. The first-order valence-electron chi connectivity index (χ1n) is 7.65. The maximum Gasteiger partial charge on any atom is 0.0655 e. The molecule has 1 aromatic rings. The Morgan fingerprint density at radius 1 is 1.30 bits per heavy atom. The van der Waals surface area contributed by atoms with Gasteiger partial charge in [0, 0.05) is 29.1 Å². The average Bonchev–Trinajstić information content (AvgIpc) is 2.79. The van der Waals surface area contributed by atoms with E-state index in [-0.39, 0.29) is 5.41 Å². The van der Waals surface area contributed by atoms with Crippen LogP contribution in [0.3, 0.4) is 0 Å². The van der Waals surface area contributed by atoms with Crippen LogP contribution < -0.4 is 5.32 Å². The van der Waals surface area contributed by atoms with Gasteiger partial charge in [0.25, 0.3) is 0 Å². The van der Waals surface area contributed by atoms with Crippen molar-refractivity contribution in [2.75, 3.05) is 6.61 Å². The number of ether oxygens (including phenoxy) is 1. The molecular formula is C17H24ClNO. The van der Waals surface area contributed by atoms with E-state index in [4.69, 9.17) is 16.3 Å². The predicted octanol–water partition coefficient (Wildman–Crippen LogP) is 3.60. The molecule has 0 radical (unpaired) electrons. The molecule has 1 fully saturated rings. The first-order valence-corrected chi connectivity index (χ1v) is 8.03. The van der Waals surface area contributed by atoms with Crippen LogP contribution in [0.25, 0.3) is 0 Å². The van der Waals surface area contributed by atoms with E-state index in [1.807, 2.05) is 6.07 Å². The Hall–Kier alpha value is -0.570. The molecule has 3 heteroatoms. The molecule has 110 valence electrons. The molecule has 3 rings (SSSR count). The molecule has 3 unspecified atom stereocenters. The van der Waals surface area contributed by atoms with Crippen molar-refractivity contribution in [3.05, 3.63) is 34.3 Å². The third-order valence-corrected chi connectivity index (χ3v) is 5.32. The molecule has 3 atom stereocenters. The summed E-state index contributed by atoms with van der Waals surface area (Å²) >= 11 is 6.08. The van der Waals surface area contributed by atoms with Gasteiger partial charge >= 0.3 is 0 Å². The number of fused-ring (bicyclic) bond motifs is 1. The minimum absolute atomic E-state index is 0.239. The highest BCUT2D eigenvalue weighted by Gasteiger charge is 2.49. The highest BCUT2D eigenvalue weighted by molar-refractivity contribution is 6.30. The van der Waals surface area contributed by atoms with Crippen LogP contribution in [0, 0.1) is 5.41 Å². The fourth-order valence-corrected chi connectivity index (χ4v) is 3.84. The second-order valence-corrected chi connectivity index (χ2v) is 7.17. The Labute approximate surface area is 126 Å². The van der Waals surface area contributed by atoms with Gasteiger partial charge in [-0.2, -0.15) is 0 Å². The zero-order valence-corrected chi connectivity index (χ0v) is 13.3. The van der Waals surface area contributed by atoms with Crippen LogP contribution in [0.2, 0.25) is 5.02 Å². The van der Waals surface area contributed by atoms with Gasteiger partial charge in [-0.1, -0.05) is 31.5 Å². The zero-order valence-electron chi connectivity index (χ0n) is 12.6. The molecule has 1 saturated carbocycles. The number of hydrogen-bond donors (Lipinski definition) is 1. The zero-order chi connectivity index (χ0) is 14.3. The first-order chi connectivity index (χ1) is 9.50. The van der Waals surface area contributed by atoms with Gasteiger partial charge in [-0.15, -0.1) is 0 Å². The lowest BCUT2D eigenvalue weighted by molar-refractivity contribution is -0.116. The Bertz CT molecular complexity index is 500. The molecule has 0 aromatic heterocycles. The fourth-order valence-electron chi connectivity index (χ4n) is 3.64. The molecule has 2 aliphatic carbocycles. The predicted molar refractivity (Wildman–Crippen MR) is 83.4 cm³/mol. The molecule has 1 N–H and O–H groups in total. The van der Waals surface area contributed by atoms with Crippen LogP contribution in [0.15, 0.2) is 18.2 Å². The molecule has 1 aromatic carbocycles. The van der Waals surface area contributed by atoms with Gasteiger partial charge in [-0.25, -0.2) is 0 Å². The van der Waals surface area contributed by atoms with E-state index in [0.29, 0.717) is 18.2 Å². The minimum Gasteiger partial charge on any atom is -0.378 e. The molecule has 0 saturated heterocycles. The van der Waals surface area contributed by atoms with Gasteiger partial charge in [0.1, 0.15) is 0 Å². The molecule has 0 bridgehead atoms. The lowest BCUT2D eigenvalue weighted by atomic mass is 9.64. The Morgan fingerprint density at radius 2 is 2.05 bits per heavy atom. The molecular weight excluding hydrogens is 270 g/mol. The molecule has 0 aliphatic heterocycles. The standard InChI is InChI=1S/C17H24ClNO/c1-4-20-16-10-15(17(16,2)3)19-14-8-11-5-6-13(18)7-12(11)9-14/h5-7,14-16,19H,4,8-10H2,1-3H3. The Kier molecular flexibility index (Phi) is 3.83. The van der Waals surface area contributed by atoms with Gasteiger partial charge in [-0.3, -0.25) is 0 Å². The second kappa shape index (κ2) is 5.32. The van der Waals surface area contributed by atoms with Crippen molar-refractivity contribution in [3.63, 3.8) is 0 Å². The average molecular weight is 294 g/mol. The van der Waals surface area contributed by atoms with Crippen molar-refractivity contribution in [3.8, 4) is 0 Å². The van der Waals surface area contributed by atoms with E-state index in [1.54, 1.807) is 0 Å². The fraction of sp³-hybridized carbons (Fsp3) is 0.647. The lowest BCUT2D eigenvalue weighted by Crippen LogP contribution is -2.62. The summed E-state index contributed by atoms with van der Waals surface area (Å²) in [5, 5.41) is 4.69. The van der Waals surface area contributed by atoms with Crippen molar-refractivity contribution in [1.29, 1.82) is 0 Å². The molecule has 2 nitrogen and oxygen atoms in total. The van der Waals surface area contributed by atoms with Crippen LogP contribution in [-0.2, 0) is 17.6 Å². The van der Waals surface area contributed by atoms with Crippen molar-refractivity contribution < 1.29 is 4.74 Å². The van der Waals surface area contributed by atoms with Crippen LogP contribution in [0.4, 0.5) is 0 Å². The number of halogens is 1. The third kappa shape index (κ3) is 2.49. The quantitative estimate of drug-likeness (QED) is 0.916. The molecule has 20 heavy (non-hydrogen) atoms. The van der Waals surface area contributed by atoms with Crippen LogP contribution >= 0.6 is 11.6 Å². The van der Waals surface area contributed by atoms with Gasteiger partial charge in [0.2, 0.25) is 0 Å². The van der Waals surface area contributed by atoms with Crippen molar-refractivity contribution >= 4 is 11.6 Å². The van der Waals surface area contributed by atoms with Crippen molar-refractivity contribution in [1.82, 2.24) is 5.32 Å². The second-order valence-electron chi connectivity index (χ2n) is 6.74. The smallest absolute Gasteiger partial charge is 0.0655 e. The normalized spacial score (nSPS) is 30.9. The summed E-state index contributed by atoms with van der Waals surface area (Å²) in [7, 11) is 0. The summed E-state index contributed by atoms with van der Waals surface area (Å²) in [6.07, 6.45) is 3.76. The summed E-state index contributed by atoms with van der Waals surface area (Å²) in [6, 6.07) is 7.41. The molecule has 0 heterocycles. The maximum absolute atomic E-state index is 6.08. The van der Waals surface area contributed by atoms with E-state index >= 15 is 0 Å². The highest BCUT2D eigenvalue weighted by atomic mass is 35.5. The topological polar surface area (TPSA) is 21.3 Å². The number of benzene rings is 1. The molecule has 2 aliphatic rings. The van der Waals surface area contributed by atoms with Crippen molar-refractivity contribution in [2.45, 2.75) is 58.2 Å². The van der Waals surface area contributed by atoms with Gasteiger partial charge in [-0.05, 0) is 49.4 Å². The Morgan fingerprint density at radius 3 is 2.75 bits per heavy atom. The maximum atomic E-state index is 6.08. The summed E-state index contributed by atoms with van der Waals surface area (Å²) in [5.41, 5.74) is 3.10. The van der Waals surface area contributed by atoms with Crippen molar-refractivity contribution in [2.24, 2.45) is 5.41 Å². The van der Waals surface area contributed by atoms with E-state index in [2.05, 4.69) is 38.2 Å². The van der Waals surface area contributed by atoms with E-state index in [9.17, 15) is 0 Å². The number of nitrogens with one attached hydrogen (secondary N) is 1.